The lowest BCUT2D eigenvalue weighted by atomic mass is 10.1. The summed E-state index contributed by atoms with van der Waals surface area (Å²) in [5.41, 5.74) is 3.13. The molecule has 3 aromatic rings. The van der Waals surface area contributed by atoms with Crippen molar-refractivity contribution in [2.24, 2.45) is 0 Å². The van der Waals surface area contributed by atoms with Gasteiger partial charge in [-0.15, -0.1) is 0 Å². The van der Waals surface area contributed by atoms with Crippen LogP contribution in [0.2, 0.25) is 0 Å². The molecule has 0 bridgehead atoms. The third kappa shape index (κ3) is 4.30. The van der Waals surface area contributed by atoms with Gasteiger partial charge in [0.05, 0.1) is 4.92 Å². The van der Waals surface area contributed by atoms with Crippen molar-refractivity contribution in [2.45, 2.75) is 32.1 Å². The minimum absolute atomic E-state index is 0.00109. The minimum Gasteiger partial charge on any atom is -0.366 e. The van der Waals surface area contributed by atoms with Crippen LogP contribution in [0.25, 0.3) is 10.9 Å². The summed E-state index contributed by atoms with van der Waals surface area (Å²) in [6.45, 7) is 2.09. The van der Waals surface area contributed by atoms with Crippen LogP contribution in [0.1, 0.15) is 41.6 Å². The maximum absolute atomic E-state index is 12.6. The third-order valence-corrected chi connectivity index (χ3v) is 5.74. The summed E-state index contributed by atoms with van der Waals surface area (Å²) in [7, 11) is 0. The van der Waals surface area contributed by atoms with Gasteiger partial charge in [-0.3, -0.25) is 14.9 Å². The summed E-state index contributed by atoms with van der Waals surface area (Å²) < 4.78 is 0. The van der Waals surface area contributed by atoms with Crippen LogP contribution in [0.5, 0.6) is 0 Å². The predicted octanol–water partition coefficient (Wildman–Crippen LogP) is 4.43. The summed E-state index contributed by atoms with van der Waals surface area (Å²) in [5.74, 6) is -0.291. The van der Waals surface area contributed by atoms with Crippen LogP contribution < -0.4 is 10.2 Å². The molecule has 0 atom stereocenters. The number of fused-ring (bicyclic) bond motifs is 1. The second kappa shape index (κ2) is 8.98. The van der Waals surface area contributed by atoms with Crippen molar-refractivity contribution in [3.63, 3.8) is 0 Å². The van der Waals surface area contributed by atoms with Crippen LogP contribution in [-0.2, 0) is 6.42 Å². The van der Waals surface area contributed by atoms with Gasteiger partial charge < -0.3 is 15.2 Å². The van der Waals surface area contributed by atoms with Crippen molar-refractivity contribution < 1.29 is 9.72 Å². The number of amides is 1. The van der Waals surface area contributed by atoms with E-state index in [0.717, 1.165) is 55.2 Å². The van der Waals surface area contributed by atoms with Crippen molar-refractivity contribution in [1.29, 1.82) is 0 Å². The largest absolute Gasteiger partial charge is 0.366 e. The Labute approximate surface area is 175 Å². The number of nitrogens with zero attached hydrogens (tertiary/aromatic N) is 2. The molecular formula is C23H26N4O3. The number of benzene rings is 2. The van der Waals surface area contributed by atoms with E-state index in [0.29, 0.717) is 24.2 Å². The third-order valence-electron chi connectivity index (χ3n) is 5.74. The molecule has 30 heavy (non-hydrogen) atoms. The standard InChI is InChI=1S/C23H26N4O3/c28-23(24-12-11-18-16-25-20-8-4-3-7-19(18)20)17-9-10-21(22(15-17)27(29)30)26-13-5-1-2-6-14-26/h3-4,7-10,15-16,25H,1-2,5-6,11-14H2,(H,24,28). The number of aromatic nitrogens is 1. The normalized spacial score (nSPS) is 14.5. The maximum Gasteiger partial charge on any atom is 0.293 e. The van der Waals surface area contributed by atoms with Gasteiger partial charge in [-0.1, -0.05) is 31.0 Å². The number of H-pyrrole nitrogens is 1. The summed E-state index contributed by atoms with van der Waals surface area (Å²) in [5, 5.41) is 15.7. The fraction of sp³-hybridized carbons (Fsp3) is 0.348. The first-order chi connectivity index (χ1) is 14.6. The Morgan fingerprint density at radius 3 is 2.63 bits per heavy atom. The van der Waals surface area contributed by atoms with Crippen LogP contribution in [0.15, 0.2) is 48.7 Å². The Kier molecular flexibility index (Phi) is 5.97. The Bertz CT molecular complexity index is 1050. The van der Waals surface area contributed by atoms with Gasteiger partial charge in [0.1, 0.15) is 5.69 Å². The first kappa shape index (κ1) is 19.9. The van der Waals surface area contributed by atoms with Crippen LogP contribution in [-0.4, -0.2) is 35.4 Å². The number of anilines is 1. The molecule has 1 aliphatic rings. The van der Waals surface area contributed by atoms with Crippen molar-refractivity contribution in [3.05, 3.63) is 69.9 Å². The van der Waals surface area contributed by atoms with E-state index in [2.05, 4.69) is 15.2 Å². The van der Waals surface area contributed by atoms with Crippen molar-refractivity contribution >= 4 is 28.2 Å². The van der Waals surface area contributed by atoms with Gasteiger partial charge in [-0.25, -0.2) is 0 Å². The second-order valence-electron chi connectivity index (χ2n) is 7.73. The molecule has 1 fully saturated rings. The molecule has 156 valence electrons. The number of nitro groups is 1. The number of rotatable bonds is 6. The van der Waals surface area contributed by atoms with E-state index in [1.807, 2.05) is 30.5 Å². The van der Waals surface area contributed by atoms with Crippen molar-refractivity contribution in [2.75, 3.05) is 24.5 Å². The number of para-hydroxylation sites is 1. The van der Waals surface area contributed by atoms with E-state index in [4.69, 9.17) is 0 Å². The molecule has 2 N–H and O–H groups in total. The van der Waals surface area contributed by atoms with E-state index in [1.165, 1.54) is 6.07 Å². The zero-order chi connectivity index (χ0) is 20.9. The summed E-state index contributed by atoms with van der Waals surface area (Å²) >= 11 is 0. The molecular weight excluding hydrogens is 380 g/mol. The lowest BCUT2D eigenvalue weighted by Crippen LogP contribution is -2.27. The molecule has 1 aliphatic heterocycles. The van der Waals surface area contributed by atoms with Gasteiger partial charge in [0, 0.05) is 48.4 Å². The highest BCUT2D eigenvalue weighted by Crippen LogP contribution is 2.31. The Balaban J connectivity index is 1.44. The van der Waals surface area contributed by atoms with Gasteiger partial charge >= 0.3 is 0 Å². The zero-order valence-electron chi connectivity index (χ0n) is 16.9. The first-order valence-corrected chi connectivity index (χ1v) is 10.5. The van der Waals surface area contributed by atoms with Crippen LogP contribution >= 0.6 is 0 Å². The Morgan fingerprint density at radius 2 is 1.87 bits per heavy atom. The first-order valence-electron chi connectivity index (χ1n) is 10.5. The number of hydrogen-bond donors (Lipinski definition) is 2. The fourth-order valence-corrected chi connectivity index (χ4v) is 4.14. The number of nitro benzene ring substituents is 1. The maximum atomic E-state index is 12.6. The molecule has 1 aromatic heterocycles. The smallest absolute Gasteiger partial charge is 0.293 e. The van der Waals surface area contributed by atoms with Gasteiger partial charge in [0.15, 0.2) is 0 Å². The predicted molar refractivity (Wildman–Crippen MR) is 118 cm³/mol. The minimum atomic E-state index is -0.386. The summed E-state index contributed by atoms with van der Waals surface area (Å²) in [6, 6.07) is 12.8. The van der Waals surface area contributed by atoms with Crippen LogP contribution in [0.4, 0.5) is 11.4 Å². The monoisotopic (exact) mass is 406 g/mol. The van der Waals surface area contributed by atoms with E-state index in [9.17, 15) is 14.9 Å². The lowest BCUT2D eigenvalue weighted by molar-refractivity contribution is -0.384. The topological polar surface area (TPSA) is 91.3 Å². The van der Waals surface area contributed by atoms with Crippen molar-refractivity contribution in [3.8, 4) is 0 Å². The molecule has 2 aromatic carbocycles. The van der Waals surface area contributed by atoms with E-state index in [-0.39, 0.29) is 16.5 Å². The van der Waals surface area contributed by atoms with Gasteiger partial charge in [0.25, 0.3) is 11.6 Å². The molecule has 7 nitrogen and oxygen atoms in total. The quantitative estimate of drug-likeness (QED) is 0.468. The molecule has 0 unspecified atom stereocenters. The summed E-state index contributed by atoms with van der Waals surface area (Å²) in [6.07, 6.45) is 7.02. The van der Waals surface area contributed by atoms with E-state index < -0.39 is 0 Å². The molecule has 4 rings (SSSR count). The zero-order valence-corrected chi connectivity index (χ0v) is 16.9. The molecule has 0 spiro atoms. The van der Waals surface area contributed by atoms with Gasteiger partial charge in [-0.2, -0.15) is 0 Å². The highest BCUT2D eigenvalue weighted by molar-refractivity contribution is 5.95. The molecule has 1 saturated heterocycles. The fourth-order valence-electron chi connectivity index (χ4n) is 4.14. The highest BCUT2D eigenvalue weighted by atomic mass is 16.6. The van der Waals surface area contributed by atoms with E-state index >= 15 is 0 Å². The average molecular weight is 406 g/mol. The molecule has 0 aliphatic carbocycles. The Morgan fingerprint density at radius 1 is 1.10 bits per heavy atom. The van der Waals surface area contributed by atoms with E-state index in [1.54, 1.807) is 12.1 Å². The van der Waals surface area contributed by atoms with Crippen LogP contribution in [0, 0.1) is 10.1 Å². The number of nitrogens with one attached hydrogen (secondary N) is 2. The van der Waals surface area contributed by atoms with Crippen LogP contribution in [0.3, 0.4) is 0 Å². The lowest BCUT2D eigenvalue weighted by Gasteiger charge is -2.22. The van der Waals surface area contributed by atoms with Gasteiger partial charge in [-0.05, 0) is 43.0 Å². The number of aromatic amines is 1. The Hall–Kier alpha value is -3.35. The number of carbonyl (C=O) groups excluding carboxylic acids is 1. The molecule has 0 saturated carbocycles. The molecule has 7 heteroatoms. The number of carbonyl (C=O) groups is 1. The van der Waals surface area contributed by atoms with Gasteiger partial charge in [0.2, 0.25) is 0 Å². The second-order valence-corrected chi connectivity index (χ2v) is 7.73. The molecule has 2 heterocycles. The highest BCUT2D eigenvalue weighted by Gasteiger charge is 2.22. The summed E-state index contributed by atoms with van der Waals surface area (Å²) in [4.78, 5) is 29.2. The average Bonchev–Trinajstić information content (AvgIpc) is 2.97. The molecule has 0 radical (unpaired) electrons. The SMILES string of the molecule is O=C(NCCc1c[nH]c2ccccc12)c1ccc(N2CCCCCC2)c([N+](=O)[O-])c1. The molecule has 1 amide bonds. The number of hydrogen-bond acceptors (Lipinski definition) is 4. The van der Waals surface area contributed by atoms with Crippen molar-refractivity contribution in [1.82, 2.24) is 10.3 Å².